The minimum Gasteiger partial charge on any atom is -0.508 e. The molecule has 1 fully saturated rings. The van der Waals surface area contributed by atoms with Crippen molar-refractivity contribution in [1.82, 2.24) is 15.1 Å². The topological polar surface area (TPSA) is 69.2 Å². The molecule has 1 aliphatic rings. The fourth-order valence-electron chi connectivity index (χ4n) is 3.68. The van der Waals surface area contributed by atoms with E-state index in [1.54, 1.807) is 24.3 Å². The zero-order valence-electron chi connectivity index (χ0n) is 14.7. The number of hydrogen-bond acceptors (Lipinski definition) is 3. The molecule has 4 rings (SSSR count). The smallest absolute Gasteiger partial charge is 0.257 e. The molecule has 5 nitrogen and oxygen atoms in total. The van der Waals surface area contributed by atoms with Gasteiger partial charge in [-0.15, -0.1) is 0 Å². The van der Waals surface area contributed by atoms with E-state index in [9.17, 15) is 14.3 Å². The van der Waals surface area contributed by atoms with E-state index in [2.05, 4.69) is 10.2 Å². The molecular formula is C21H20FN3O2. The van der Waals surface area contributed by atoms with Gasteiger partial charge in [-0.05, 0) is 48.6 Å². The molecule has 0 saturated carbocycles. The summed E-state index contributed by atoms with van der Waals surface area (Å²) in [6.45, 7) is 1.26. The maximum atomic E-state index is 13.5. The minimum absolute atomic E-state index is 0.0997. The molecule has 0 aliphatic carbocycles. The number of nitrogens with one attached hydrogen (secondary N) is 1. The molecule has 2 heterocycles. The molecule has 0 spiro atoms. The summed E-state index contributed by atoms with van der Waals surface area (Å²) < 4.78 is 13.5. The van der Waals surface area contributed by atoms with Crippen LogP contribution in [0, 0.1) is 5.82 Å². The Morgan fingerprint density at radius 3 is 2.67 bits per heavy atom. The first kappa shape index (κ1) is 17.3. The molecule has 27 heavy (non-hydrogen) atoms. The van der Waals surface area contributed by atoms with E-state index < -0.39 is 0 Å². The number of aromatic amines is 1. The Morgan fingerprint density at radius 2 is 1.93 bits per heavy atom. The van der Waals surface area contributed by atoms with Crippen LogP contribution in [0.5, 0.6) is 5.75 Å². The Balaban J connectivity index is 1.48. The second-order valence-corrected chi connectivity index (χ2v) is 6.83. The van der Waals surface area contributed by atoms with Gasteiger partial charge < -0.3 is 10.0 Å². The van der Waals surface area contributed by atoms with E-state index in [4.69, 9.17) is 0 Å². The lowest BCUT2D eigenvalue weighted by atomic mass is 9.89. The van der Waals surface area contributed by atoms with Gasteiger partial charge in [-0.2, -0.15) is 5.10 Å². The first-order valence-electron chi connectivity index (χ1n) is 8.99. The molecule has 1 saturated heterocycles. The highest BCUT2D eigenvalue weighted by atomic mass is 19.1. The number of piperidine rings is 1. The fourth-order valence-corrected chi connectivity index (χ4v) is 3.68. The third-order valence-electron chi connectivity index (χ3n) is 5.11. The lowest BCUT2D eigenvalue weighted by Crippen LogP contribution is -2.38. The summed E-state index contributed by atoms with van der Waals surface area (Å²) in [5.41, 5.74) is 2.70. The highest BCUT2D eigenvalue weighted by molar-refractivity contribution is 5.99. The van der Waals surface area contributed by atoms with Crippen LogP contribution < -0.4 is 0 Å². The third kappa shape index (κ3) is 3.56. The Labute approximate surface area is 156 Å². The number of rotatable bonds is 3. The lowest BCUT2D eigenvalue weighted by molar-refractivity contribution is 0.0713. The van der Waals surface area contributed by atoms with Gasteiger partial charge in [0.2, 0.25) is 0 Å². The Kier molecular flexibility index (Phi) is 4.62. The van der Waals surface area contributed by atoms with Gasteiger partial charge in [0.15, 0.2) is 0 Å². The molecule has 0 unspecified atom stereocenters. The number of nitrogens with zero attached hydrogens (tertiary/aromatic N) is 2. The van der Waals surface area contributed by atoms with Gasteiger partial charge in [-0.3, -0.25) is 9.89 Å². The number of likely N-dealkylation sites (tertiary alicyclic amines) is 1. The fraction of sp³-hybridized carbons (Fsp3) is 0.238. The van der Waals surface area contributed by atoms with E-state index >= 15 is 0 Å². The average Bonchev–Trinajstić information content (AvgIpc) is 3.17. The van der Waals surface area contributed by atoms with Gasteiger partial charge in [-0.1, -0.05) is 24.3 Å². The second kappa shape index (κ2) is 7.23. The van der Waals surface area contributed by atoms with E-state index in [0.717, 1.165) is 18.4 Å². The summed E-state index contributed by atoms with van der Waals surface area (Å²) in [7, 11) is 0. The number of benzene rings is 2. The molecular weight excluding hydrogens is 345 g/mol. The van der Waals surface area contributed by atoms with Crippen molar-refractivity contribution in [3.05, 3.63) is 71.7 Å². The monoisotopic (exact) mass is 365 g/mol. The molecule has 0 radical (unpaired) electrons. The van der Waals surface area contributed by atoms with Crippen molar-refractivity contribution in [1.29, 1.82) is 0 Å². The number of H-pyrrole nitrogens is 1. The van der Waals surface area contributed by atoms with Gasteiger partial charge in [0.25, 0.3) is 5.91 Å². The van der Waals surface area contributed by atoms with Crippen molar-refractivity contribution in [3.8, 4) is 17.0 Å². The molecule has 3 aromatic rings. The minimum atomic E-state index is -0.354. The second-order valence-electron chi connectivity index (χ2n) is 6.83. The van der Waals surface area contributed by atoms with E-state index in [1.807, 2.05) is 17.0 Å². The standard InChI is InChI=1S/C21H20FN3O2/c22-17-5-1-4-16(11-17)20-19(13-23-24-20)21(27)25-9-7-14(8-10-25)15-3-2-6-18(26)12-15/h1-6,11-14,26H,7-10H2,(H,23,24). The number of aromatic nitrogens is 2. The lowest BCUT2D eigenvalue weighted by Gasteiger charge is -2.32. The SMILES string of the molecule is O=C(c1cn[nH]c1-c1cccc(F)c1)N1CCC(c2cccc(O)c2)CC1. The van der Waals surface area contributed by atoms with Crippen molar-refractivity contribution in [2.24, 2.45) is 0 Å². The summed E-state index contributed by atoms with van der Waals surface area (Å²) in [5, 5.41) is 16.5. The largest absolute Gasteiger partial charge is 0.508 e. The van der Waals surface area contributed by atoms with Gasteiger partial charge in [0, 0.05) is 18.7 Å². The summed E-state index contributed by atoms with van der Waals surface area (Å²) in [6.07, 6.45) is 3.18. The Bertz CT molecular complexity index is 961. The van der Waals surface area contributed by atoms with Crippen molar-refractivity contribution in [3.63, 3.8) is 0 Å². The van der Waals surface area contributed by atoms with Gasteiger partial charge >= 0.3 is 0 Å². The van der Waals surface area contributed by atoms with Crippen molar-refractivity contribution >= 4 is 5.91 Å². The zero-order valence-corrected chi connectivity index (χ0v) is 14.7. The quantitative estimate of drug-likeness (QED) is 0.739. The van der Waals surface area contributed by atoms with Crippen LogP contribution in [0.1, 0.15) is 34.7 Å². The number of aromatic hydroxyl groups is 1. The van der Waals surface area contributed by atoms with Crippen LogP contribution in [0.2, 0.25) is 0 Å². The van der Waals surface area contributed by atoms with E-state index in [-0.39, 0.29) is 17.5 Å². The van der Waals surface area contributed by atoms with Gasteiger partial charge in [0.05, 0.1) is 17.5 Å². The number of carbonyl (C=O) groups is 1. The molecule has 2 N–H and O–H groups in total. The van der Waals surface area contributed by atoms with E-state index in [0.29, 0.717) is 35.8 Å². The summed E-state index contributed by atoms with van der Waals surface area (Å²) in [4.78, 5) is 14.8. The van der Waals surface area contributed by atoms with Crippen molar-refractivity contribution < 1.29 is 14.3 Å². The third-order valence-corrected chi connectivity index (χ3v) is 5.11. The van der Waals surface area contributed by atoms with Crippen LogP contribution in [-0.4, -0.2) is 39.2 Å². The first-order valence-corrected chi connectivity index (χ1v) is 8.99. The maximum absolute atomic E-state index is 13.5. The molecule has 0 bridgehead atoms. The number of hydrogen-bond donors (Lipinski definition) is 2. The van der Waals surface area contributed by atoms with Gasteiger partial charge in [0.1, 0.15) is 11.6 Å². The highest BCUT2D eigenvalue weighted by Crippen LogP contribution is 2.31. The predicted octanol–water partition coefficient (Wildman–Crippen LogP) is 3.94. The summed E-state index contributed by atoms with van der Waals surface area (Å²) in [5.74, 6) is 0.141. The summed E-state index contributed by atoms with van der Waals surface area (Å²) in [6, 6.07) is 13.4. The molecule has 6 heteroatoms. The normalized spacial score (nSPS) is 15.1. The number of phenols is 1. The molecule has 1 aliphatic heterocycles. The highest BCUT2D eigenvalue weighted by Gasteiger charge is 2.27. The molecule has 0 atom stereocenters. The first-order chi connectivity index (χ1) is 13.1. The molecule has 1 amide bonds. The van der Waals surface area contributed by atoms with Crippen LogP contribution in [0.3, 0.4) is 0 Å². The number of halogens is 1. The number of amides is 1. The molecule has 1 aromatic heterocycles. The Morgan fingerprint density at radius 1 is 1.15 bits per heavy atom. The number of carbonyl (C=O) groups excluding carboxylic acids is 1. The van der Waals surface area contributed by atoms with Crippen LogP contribution in [0.4, 0.5) is 4.39 Å². The summed E-state index contributed by atoms with van der Waals surface area (Å²) >= 11 is 0. The van der Waals surface area contributed by atoms with Crippen molar-refractivity contribution in [2.45, 2.75) is 18.8 Å². The number of phenolic OH excluding ortho intramolecular Hbond substituents is 1. The van der Waals surface area contributed by atoms with Crippen LogP contribution >= 0.6 is 0 Å². The average molecular weight is 365 g/mol. The zero-order chi connectivity index (χ0) is 18.8. The van der Waals surface area contributed by atoms with Crippen LogP contribution in [0.15, 0.2) is 54.7 Å². The molecule has 2 aromatic carbocycles. The maximum Gasteiger partial charge on any atom is 0.257 e. The van der Waals surface area contributed by atoms with Crippen LogP contribution in [-0.2, 0) is 0 Å². The van der Waals surface area contributed by atoms with E-state index in [1.165, 1.54) is 18.3 Å². The Hall–Kier alpha value is -3.15. The predicted molar refractivity (Wildman–Crippen MR) is 100.0 cm³/mol. The van der Waals surface area contributed by atoms with Crippen LogP contribution in [0.25, 0.3) is 11.3 Å². The van der Waals surface area contributed by atoms with Gasteiger partial charge in [-0.25, -0.2) is 4.39 Å². The molecule has 138 valence electrons. The van der Waals surface area contributed by atoms with Crippen molar-refractivity contribution in [2.75, 3.05) is 13.1 Å².